The van der Waals surface area contributed by atoms with Gasteiger partial charge in [0.05, 0.1) is 5.70 Å². The van der Waals surface area contributed by atoms with Gasteiger partial charge in [-0.15, -0.1) is 0 Å². The van der Waals surface area contributed by atoms with Crippen LogP contribution in [0.15, 0.2) is 23.5 Å². The third-order valence-corrected chi connectivity index (χ3v) is 1.10. The highest BCUT2D eigenvalue weighted by atomic mass is 14.7. The van der Waals surface area contributed by atoms with E-state index in [9.17, 15) is 0 Å². The predicted octanol–water partition coefficient (Wildman–Crippen LogP) is 1.10. The molecule has 2 nitrogen and oxygen atoms in total. The van der Waals surface area contributed by atoms with Crippen molar-refractivity contribution in [3.63, 3.8) is 0 Å². The smallest absolute Gasteiger partial charge is 0.0501 e. The van der Waals surface area contributed by atoms with E-state index in [2.05, 4.69) is 0 Å². The first-order valence-electron chi connectivity index (χ1n) is 3.09. The van der Waals surface area contributed by atoms with Crippen LogP contribution >= 0.6 is 0 Å². The Bertz CT molecular complexity index is 134. The van der Waals surface area contributed by atoms with Crippen LogP contribution in [0.25, 0.3) is 0 Å². The summed E-state index contributed by atoms with van der Waals surface area (Å²) in [5.41, 5.74) is 12.5. The van der Waals surface area contributed by atoms with Crippen molar-refractivity contribution in [2.24, 2.45) is 11.5 Å². The second kappa shape index (κ2) is 4.01. The zero-order valence-electron chi connectivity index (χ0n) is 6.02. The van der Waals surface area contributed by atoms with Crippen LogP contribution in [-0.4, -0.2) is 0 Å². The molecule has 0 aromatic rings. The Balaban J connectivity index is 4.10. The molecular formula is C7H14N2. The Morgan fingerprint density at radius 1 is 1.44 bits per heavy atom. The molecule has 0 spiro atoms. The molecule has 4 N–H and O–H groups in total. The molecule has 0 saturated heterocycles. The van der Waals surface area contributed by atoms with Crippen LogP contribution in [0.1, 0.15) is 20.3 Å². The van der Waals surface area contributed by atoms with Gasteiger partial charge in [0, 0.05) is 5.70 Å². The van der Waals surface area contributed by atoms with Crippen LogP contribution in [0.2, 0.25) is 0 Å². The molecule has 0 aliphatic carbocycles. The first-order valence-corrected chi connectivity index (χ1v) is 3.09. The predicted molar refractivity (Wildman–Crippen MR) is 40.5 cm³/mol. The summed E-state index contributed by atoms with van der Waals surface area (Å²) in [7, 11) is 0. The zero-order valence-corrected chi connectivity index (χ0v) is 6.02. The van der Waals surface area contributed by atoms with Crippen molar-refractivity contribution in [2.75, 3.05) is 0 Å². The van der Waals surface area contributed by atoms with Crippen molar-refractivity contribution >= 4 is 0 Å². The van der Waals surface area contributed by atoms with Crippen molar-refractivity contribution in [3.05, 3.63) is 23.5 Å². The lowest BCUT2D eigenvalue weighted by Crippen LogP contribution is -2.06. The minimum absolute atomic E-state index is 0.681. The molecule has 2 heteroatoms. The van der Waals surface area contributed by atoms with Gasteiger partial charge in [-0.2, -0.15) is 0 Å². The van der Waals surface area contributed by atoms with Crippen LogP contribution < -0.4 is 11.5 Å². The van der Waals surface area contributed by atoms with Crippen molar-refractivity contribution in [1.29, 1.82) is 0 Å². The third kappa shape index (κ3) is 2.80. The van der Waals surface area contributed by atoms with Gasteiger partial charge in [-0.25, -0.2) is 0 Å². The number of nitrogens with two attached hydrogens (primary N) is 2. The molecule has 0 aromatic heterocycles. The fraction of sp³-hybridized carbons (Fsp3) is 0.429. The first kappa shape index (κ1) is 8.08. The maximum absolute atomic E-state index is 5.51. The molecule has 0 radical (unpaired) electrons. The fourth-order valence-corrected chi connectivity index (χ4v) is 0.491. The second-order valence-electron chi connectivity index (χ2n) is 1.83. The Kier molecular flexibility index (Phi) is 3.60. The summed E-state index contributed by atoms with van der Waals surface area (Å²) in [6, 6.07) is 0. The van der Waals surface area contributed by atoms with Gasteiger partial charge in [0.15, 0.2) is 0 Å². The van der Waals surface area contributed by atoms with E-state index in [1.54, 1.807) is 6.08 Å². The molecule has 0 saturated carbocycles. The molecule has 0 fully saturated rings. The number of rotatable bonds is 2. The van der Waals surface area contributed by atoms with E-state index in [-0.39, 0.29) is 0 Å². The SMILES string of the molecule is C/C=C\C(N)=C(/N)CC. The monoisotopic (exact) mass is 126 g/mol. The summed E-state index contributed by atoms with van der Waals surface area (Å²) in [6.45, 7) is 3.89. The Hall–Kier alpha value is -0.920. The third-order valence-electron chi connectivity index (χ3n) is 1.10. The van der Waals surface area contributed by atoms with Gasteiger partial charge in [0.1, 0.15) is 0 Å². The van der Waals surface area contributed by atoms with Crippen LogP contribution in [-0.2, 0) is 0 Å². The minimum Gasteiger partial charge on any atom is -0.400 e. The molecule has 0 aliphatic heterocycles. The van der Waals surface area contributed by atoms with Gasteiger partial charge in [-0.05, 0) is 19.4 Å². The van der Waals surface area contributed by atoms with E-state index in [4.69, 9.17) is 11.5 Å². The fourth-order valence-electron chi connectivity index (χ4n) is 0.491. The van der Waals surface area contributed by atoms with Crippen molar-refractivity contribution in [3.8, 4) is 0 Å². The second-order valence-corrected chi connectivity index (χ2v) is 1.83. The van der Waals surface area contributed by atoms with Crippen LogP contribution in [0.3, 0.4) is 0 Å². The molecule has 0 rings (SSSR count). The summed E-state index contributed by atoms with van der Waals surface area (Å²) in [5.74, 6) is 0. The van der Waals surface area contributed by atoms with E-state index >= 15 is 0 Å². The van der Waals surface area contributed by atoms with E-state index in [1.165, 1.54) is 0 Å². The number of hydrogen-bond acceptors (Lipinski definition) is 2. The molecule has 0 atom stereocenters. The van der Waals surface area contributed by atoms with Gasteiger partial charge >= 0.3 is 0 Å². The molecule has 9 heavy (non-hydrogen) atoms. The normalized spacial score (nSPS) is 14.0. The van der Waals surface area contributed by atoms with Crippen LogP contribution in [0.5, 0.6) is 0 Å². The first-order chi connectivity index (χ1) is 4.22. The van der Waals surface area contributed by atoms with E-state index in [0.717, 1.165) is 12.1 Å². The highest BCUT2D eigenvalue weighted by molar-refractivity contribution is 5.19. The summed E-state index contributed by atoms with van der Waals surface area (Å²) in [6.07, 6.45) is 4.49. The molecule has 0 unspecified atom stereocenters. The maximum Gasteiger partial charge on any atom is 0.0501 e. The van der Waals surface area contributed by atoms with Crippen LogP contribution in [0, 0.1) is 0 Å². The van der Waals surface area contributed by atoms with Crippen molar-refractivity contribution in [2.45, 2.75) is 20.3 Å². The number of allylic oxidation sites excluding steroid dienone is 3. The lowest BCUT2D eigenvalue weighted by molar-refractivity contribution is 1.03. The quantitative estimate of drug-likeness (QED) is 0.544. The highest BCUT2D eigenvalue weighted by Gasteiger charge is 1.88. The average molecular weight is 126 g/mol. The van der Waals surface area contributed by atoms with Gasteiger partial charge in [0.25, 0.3) is 0 Å². The lowest BCUT2D eigenvalue weighted by Gasteiger charge is -1.97. The van der Waals surface area contributed by atoms with E-state index in [1.807, 2.05) is 19.9 Å². The summed E-state index contributed by atoms with van der Waals surface area (Å²) >= 11 is 0. The highest BCUT2D eigenvalue weighted by Crippen LogP contribution is 1.96. The Morgan fingerprint density at radius 2 is 2.00 bits per heavy atom. The summed E-state index contributed by atoms with van der Waals surface area (Å²) < 4.78 is 0. The standard InChI is InChI=1S/C7H14N2/c1-3-5-7(9)6(8)4-2/h3,5H,4,8-9H2,1-2H3/b5-3-,7-6+. The molecule has 0 bridgehead atoms. The topological polar surface area (TPSA) is 52.0 Å². The molecule has 0 amide bonds. The largest absolute Gasteiger partial charge is 0.400 e. The molecule has 52 valence electrons. The van der Waals surface area contributed by atoms with Crippen molar-refractivity contribution in [1.82, 2.24) is 0 Å². The maximum atomic E-state index is 5.51. The van der Waals surface area contributed by atoms with Gasteiger partial charge in [-0.3, -0.25) is 0 Å². The summed E-state index contributed by atoms with van der Waals surface area (Å²) in [5, 5.41) is 0. The minimum atomic E-state index is 0.681. The molecule has 0 aliphatic rings. The Labute approximate surface area is 56.2 Å². The molecule has 0 heterocycles. The number of hydrogen-bond donors (Lipinski definition) is 2. The average Bonchev–Trinajstić information content (AvgIpc) is 1.87. The van der Waals surface area contributed by atoms with E-state index < -0.39 is 0 Å². The Morgan fingerprint density at radius 3 is 2.33 bits per heavy atom. The summed E-state index contributed by atoms with van der Waals surface area (Å²) in [4.78, 5) is 0. The van der Waals surface area contributed by atoms with Crippen molar-refractivity contribution < 1.29 is 0 Å². The van der Waals surface area contributed by atoms with Gasteiger partial charge < -0.3 is 11.5 Å². The van der Waals surface area contributed by atoms with E-state index in [0.29, 0.717) is 5.70 Å². The van der Waals surface area contributed by atoms with Crippen LogP contribution in [0.4, 0.5) is 0 Å². The van der Waals surface area contributed by atoms with Gasteiger partial charge in [0.2, 0.25) is 0 Å². The molecular weight excluding hydrogens is 112 g/mol. The zero-order chi connectivity index (χ0) is 7.28. The molecule has 0 aromatic carbocycles. The van der Waals surface area contributed by atoms with Gasteiger partial charge in [-0.1, -0.05) is 13.0 Å². The lowest BCUT2D eigenvalue weighted by atomic mass is 10.2.